The SMILES string of the molecule is Cc1cc(C)[c]([Ge]2([c]3c(C)cc(C)cc3C)[CH]=[CH][Ge]([c]3c(C)cc(C)cc3C)([c]3c(C)cc(C)cc3C)[CH]=[CH]2)c(C)c1. The van der Waals surface area contributed by atoms with Gasteiger partial charge >= 0.3 is 262 Å². The summed E-state index contributed by atoms with van der Waals surface area (Å²) in [6.45, 7) is 27.8. The Balaban J connectivity index is 1.92. The van der Waals surface area contributed by atoms with Crippen LogP contribution >= 0.6 is 0 Å². The van der Waals surface area contributed by atoms with Crippen LogP contribution < -0.4 is 17.6 Å². The first-order valence-electron chi connectivity index (χ1n) is 15.4. The van der Waals surface area contributed by atoms with Crippen LogP contribution in [0.4, 0.5) is 0 Å². The fraction of sp³-hybridized carbons (Fsp3) is 0.300. The second-order valence-corrected chi connectivity index (χ2v) is 27.8. The molecule has 0 N–H and O–H groups in total. The van der Waals surface area contributed by atoms with Gasteiger partial charge in [-0.15, -0.1) is 0 Å². The van der Waals surface area contributed by atoms with Gasteiger partial charge in [-0.05, 0) is 0 Å². The van der Waals surface area contributed by atoms with Crippen molar-refractivity contribution >= 4 is 44.1 Å². The molecule has 0 nitrogen and oxygen atoms in total. The molecule has 42 heavy (non-hydrogen) atoms. The van der Waals surface area contributed by atoms with Crippen molar-refractivity contribution in [3.8, 4) is 0 Å². The Labute approximate surface area is 260 Å². The van der Waals surface area contributed by atoms with Crippen LogP contribution in [0.25, 0.3) is 0 Å². The number of benzene rings is 4. The molecule has 0 unspecified atom stereocenters. The van der Waals surface area contributed by atoms with Gasteiger partial charge in [0.25, 0.3) is 0 Å². The van der Waals surface area contributed by atoms with Crippen molar-refractivity contribution in [2.24, 2.45) is 0 Å². The average Bonchev–Trinajstić information content (AvgIpc) is 2.83. The van der Waals surface area contributed by atoms with Crippen LogP contribution in [0.2, 0.25) is 0 Å². The van der Waals surface area contributed by atoms with Crippen LogP contribution in [-0.2, 0) is 0 Å². The van der Waals surface area contributed by atoms with Crippen LogP contribution in [-0.4, -0.2) is 26.5 Å². The predicted molar refractivity (Wildman–Crippen MR) is 191 cm³/mol. The second kappa shape index (κ2) is 11.2. The van der Waals surface area contributed by atoms with Gasteiger partial charge in [0.1, 0.15) is 0 Å². The first-order valence-corrected chi connectivity index (χ1v) is 24.5. The molecule has 1 aliphatic heterocycles. The monoisotopic (exact) mass is 676 g/mol. The molecule has 0 fully saturated rings. The molecule has 0 bridgehead atoms. The normalized spacial score (nSPS) is 15.3. The predicted octanol–water partition coefficient (Wildman–Crippen LogP) is 7.50. The van der Waals surface area contributed by atoms with E-state index in [1.807, 2.05) is 0 Å². The van der Waals surface area contributed by atoms with E-state index in [9.17, 15) is 0 Å². The first-order chi connectivity index (χ1) is 19.7. The van der Waals surface area contributed by atoms with E-state index < -0.39 is 26.5 Å². The van der Waals surface area contributed by atoms with Crippen LogP contribution in [0, 0.1) is 83.1 Å². The molecule has 0 spiro atoms. The summed E-state index contributed by atoms with van der Waals surface area (Å²) in [7, 11) is 0. The average molecular weight is 674 g/mol. The number of rotatable bonds is 4. The van der Waals surface area contributed by atoms with Gasteiger partial charge in [-0.1, -0.05) is 0 Å². The molecular weight excluding hydrogens is 626 g/mol. The quantitative estimate of drug-likeness (QED) is 0.197. The zero-order chi connectivity index (χ0) is 30.7. The van der Waals surface area contributed by atoms with Gasteiger partial charge in [-0.2, -0.15) is 0 Å². The Morgan fingerprint density at radius 3 is 0.548 bits per heavy atom. The van der Waals surface area contributed by atoms with Crippen LogP contribution in [0.5, 0.6) is 0 Å². The summed E-state index contributed by atoms with van der Waals surface area (Å²) >= 11 is -6.31. The maximum atomic E-state index is 2.83. The van der Waals surface area contributed by atoms with E-state index in [-0.39, 0.29) is 0 Å². The molecule has 0 aliphatic carbocycles. The molecule has 0 radical (unpaired) electrons. The third-order valence-corrected chi connectivity index (χ3v) is 31.9. The van der Waals surface area contributed by atoms with E-state index in [1.54, 1.807) is 17.6 Å². The number of hydrogen-bond donors (Lipinski definition) is 0. The van der Waals surface area contributed by atoms with Gasteiger partial charge in [0.05, 0.1) is 0 Å². The summed E-state index contributed by atoms with van der Waals surface area (Å²) in [6, 6.07) is 19.3. The van der Waals surface area contributed by atoms with Gasteiger partial charge in [0.15, 0.2) is 0 Å². The fourth-order valence-electron chi connectivity index (χ4n) is 8.88. The first kappa shape index (κ1) is 30.9. The Bertz CT molecular complexity index is 1440. The van der Waals surface area contributed by atoms with Crippen molar-refractivity contribution in [2.75, 3.05) is 0 Å². The molecule has 1 heterocycles. The van der Waals surface area contributed by atoms with E-state index in [0.717, 1.165) is 0 Å². The molecule has 1 aliphatic rings. The molecule has 4 aromatic carbocycles. The summed E-state index contributed by atoms with van der Waals surface area (Å²) in [5.41, 5.74) is 17.0. The van der Waals surface area contributed by atoms with E-state index in [1.165, 1.54) is 66.8 Å². The molecule has 0 atom stereocenters. The van der Waals surface area contributed by atoms with E-state index in [4.69, 9.17) is 0 Å². The molecule has 0 aromatic heterocycles. The standard InChI is InChI=1S/C40H48Ge2/c1-25-17-29(5)37(30(6)18-25)41(38-31(7)19-26(2)20-32(38)8)13-15-42(16-14-41,39-33(9)21-27(3)22-34(39)10)40-35(11)23-28(4)24-36(40)12/h13-24H,1-12H3. The van der Waals surface area contributed by atoms with Gasteiger partial charge in [-0.3, -0.25) is 0 Å². The van der Waals surface area contributed by atoms with Gasteiger partial charge in [0.2, 0.25) is 0 Å². The molecule has 0 saturated carbocycles. The van der Waals surface area contributed by atoms with Crippen molar-refractivity contribution in [1.82, 2.24) is 0 Å². The third kappa shape index (κ3) is 5.03. The van der Waals surface area contributed by atoms with Crippen molar-refractivity contribution < 1.29 is 0 Å². The Hall–Kier alpha value is -2.55. The van der Waals surface area contributed by atoms with Gasteiger partial charge in [0, 0.05) is 0 Å². The zero-order valence-corrected chi connectivity index (χ0v) is 32.1. The summed E-state index contributed by atoms with van der Waals surface area (Å²) in [6.07, 6.45) is 0. The molecule has 4 aromatic rings. The second-order valence-electron chi connectivity index (χ2n) is 13.5. The van der Waals surface area contributed by atoms with E-state index in [0.29, 0.717) is 0 Å². The molecule has 0 amide bonds. The number of aryl methyl sites for hydroxylation is 12. The topological polar surface area (TPSA) is 0 Å². The number of hydrogen-bond acceptors (Lipinski definition) is 0. The zero-order valence-electron chi connectivity index (χ0n) is 27.9. The molecule has 2 heteroatoms. The summed E-state index contributed by atoms with van der Waals surface area (Å²) < 4.78 is 6.48. The maximum absolute atomic E-state index is 3.15. The molecule has 216 valence electrons. The minimum atomic E-state index is -3.15. The van der Waals surface area contributed by atoms with E-state index >= 15 is 0 Å². The van der Waals surface area contributed by atoms with Crippen molar-refractivity contribution in [3.05, 3.63) is 135 Å². The van der Waals surface area contributed by atoms with Crippen LogP contribution in [0.3, 0.4) is 0 Å². The van der Waals surface area contributed by atoms with Crippen molar-refractivity contribution in [2.45, 2.75) is 83.1 Å². The Morgan fingerprint density at radius 1 is 0.262 bits per heavy atom. The van der Waals surface area contributed by atoms with Gasteiger partial charge in [-0.25, -0.2) is 0 Å². The summed E-state index contributed by atoms with van der Waals surface area (Å²) in [5, 5.41) is 0. The Morgan fingerprint density at radius 2 is 0.405 bits per heavy atom. The fourth-order valence-corrected chi connectivity index (χ4v) is 39.0. The van der Waals surface area contributed by atoms with Crippen LogP contribution in [0.1, 0.15) is 66.8 Å². The summed E-state index contributed by atoms with van der Waals surface area (Å²) in [5.74, 6) is 0. The van der Waals surface area contributed by atoms with Crippen molar-refractivity contribution in [1.29, 1.82) is 0 Å². The van der Waals surface area contributed by atoms with Crippen LogP contribution in [0.15, 0.2) is 68.2 Å². The third-order valence-electron chi connectivity index (χ3n) is 9.58. The van der Waals surface area contributed by atoms with Gasteiger partial charge < -0.3 is 0 Å². The minimum absolute atomic E-state index is 1.36. The van der Waals surface area contributed by atoms with E-state index in [2.05, 4.69) is 151 Å². The molecular formula is C40H48Ge2. The summed E-state index contributed by atoms with van der Waals surface area (Å²) in [4.78, 5) is 11.3. The van der Waals surface area contributed by atoms with Crippen molar-refractivity contribution in [3.63, 3.8) is 0 Å². The Kier molecular flexibility index (Phi) is 8.22. The molecule has 5 rings (SSSR count). The molecule has 0 saturated heterocycles.